The van der Waals surface area contributed by atoms with Crippen LogP contribution in [0.25, 0.3) is 0 Å². The zero-order chi connectivity index (χ0) is 18.7. The number of aromatic nitrogens is 1. The Kier molecular flexibility index (Phi) is 5.88. The first-order chi connectivity index (χ1) is 12.5. The largest absolute Gasteiger partial charge is 0.372 e. The molecule has 2 aromatic rings. The van der Waals surface area contributed by atoms with Gasteiger partial charge in [-0.15, -0.1) is 11.3 Å². The van der Waals surface area contributed by atoms with Crippen molar-refractivity contribution in [3.63, 3.8) is 0 Å². The van der Waals surface area contributed by atoms with Crippen LogP contribution in [-0.4, -0.2) is 36.2 Å². The van der Waals surface area contributed by atoms with Crippen LogP contribution in [0.2, 0.25) is 0 Å². The highest BCUT2D eigenvalue weighted by molar-refractivity contribution is 7.13. The first-order valence-electron chi connectivity index (χ1n) is 8.88. The molecule has 1 aromatic heterocycles. The maximum Gasteiger partial charge on any atom is 0.263 e. The molecule has 2 atom stereocenters. The minimum Gasteiger partial charge on any atom is -0.372 e. The molecule has 5 nitrogen and oxygen atoms in total. The number of morpholine rings is 1. The zero-order valence-corrected chi connectivity index (χ0v) is 16.1. The molecule has 26 heavy (non-hydrogen) atoms. The van der Waals surface area contributed by atoms with E-state index in [1.807, 2.05) is 31.7 Å². The monoisotopic (exact) mass is 377 g/mol. The molecular formula is C19H24FN3O2S. The Bertz CT molecular complexity index is 770. The molecule has 0 radical (unpaired) electrons. The quantitative estimate of drug-likeness (QED) is 0.868. The minimum absolute atomic E-state index is 0.0736. The highest BCUT2D eigenvalue weighted by Gasteiger charge is 2.24. The summed E-state index contributed by atoms with van der Waals surface area (Å²) in [7, 11) is 0. The number of nitrogens with one attached hydrogen (secondary N) is 1. The van der Waals surface area contributed by atoms with Gasteiger partial charge in [0.25, 0.3) is 5.91 Å². The van der Waals surface area contributed by atoms with Gasteiger partial charge in [0.15, 0.2) is 0 Å². The van der Waals surface area contributed by atoms with Crippen LogP contribution in [0.1, 0.15) is 41.0 Å². The number of aryl methyl sites for hydroxylation is 1. The van der Waals surface area contributed by atoms with Crippen LogP contribution in [0.3, 0.4) is 0 Å². The Morgan fingerprint density at radius 2 is 2.12 bits per heavy atom. The summed E-state index contributed by atoms with van der Waals surface area (Å²) in [6, 6.07) is 5.13. The van der Waals surface area contributed by atoms with E-state index in [9.17, 15) is 9.18 Å². The molecule has 0 saturated carbocycles. The van der Waals surface area contributed by atoms with Crippen molar-refractivity contribution in [3.8, 4) is 0 Å². The summed E-state index contributed by atoms with van der Waals surface area (Å²) in [6.45, 7) is 7.61. The molecule has 1 saturated heterocycles. The Morgan fingerprint density at radius 1 is 1.38 bits per heavy atom. The van der Waals surface area contributed by atoms with Crippen LogP contribution in [-0.2, 0) is 17.7 Å². The van der Waals surface area contributed by atoms with E-state index in [1.165, 1.54) is 17.4 Å². The molecule has 1 aliphatic rings. The van der Waals surface area contributed by atoms with E-state index >= 15 is 0 Å². The third-order valence-electron chi connectivity index (χ3n) is 4.31. The zero-order valence-electron chi connectivity index (χ0n) is 15.3. The van der Waals surface area contributed by atoms with Crippen molar-refractivity contribution in [1.82, 2.24) is 10.3 Å². The van der Waals surface area contributed by atoms with E-state index in [0.29, 0.717) is 23.7 Å². The number of amides is 1. The average molecular weight is 377 g/mol. The van der Waals surface area contributed by atoms with Crippen LogP contribution in [0, 0.1) is 5.82 Å². The second kappa shape index (κ2) is 8.14. The number of thiazole rings is 1. The van der Waals surface area contributed by atoms with Gasteiger partial charge in [-0.1, -0.05) is 13.0 Å². The first-order valence-corrected chi connectivity index (χ1v) is 9.69. The minimum atomic E-state index is -0.274. The molecule has 0 spiro atoms. The van der Waals surface area contributed by atoms with Crippen LogP contribution >= 0.6 is 11.3 Å². The highest BCUT2D eigenvalue weighted by Crippen LogP contribution is 2.24. The van der Waals surface area contributed by atoms with Gasteiger partial charge >= 0.3 is 0 Å². The summed E-state index contributed by atoms with van der Waals surface area (Å²) < 4.78 is 20.3. The number of hydrogen-bond acceptors (Lipinski definition) is 5. The summed E-state index contributed by atoms with van der Waals surface area (Å²) in [5.74, 6) is -0.452. The van der Waals surface area contributed by atoms with Crippen molar-refractivity contribution in [1.29, 1.82) is 0 Å². The number of carbonyl (C=O) groups is 1. The van der Waals surface area contributed by atoms with Gasteiger partial charge in [0.05, 0.1) is 29.1 Å². The van der Waals surface area contributed by atoms with Gasteiger partial charge in [-0.05, 0) is 38.0 Å². The van der Waals surface area contributed by atoms with Gasteiger partial charge in [0, 0.05) is 19.6 Å². The number of carbonyl (C=O) groups excluding carboxylic acids is 1. The third kappa shape index (κ3) is 4.40. The van der Waals surface area contributed by atoms with Gasteiger partial charge < -0.3 is 15.0 Å². The smallest absolute Gasteiger partial charge is 0.263 e. The van der Waals surface area contributed by atoms with E-state index in [2.05, 4.69) is 10.3 Å². The number of halogens is 1. The Balaban J connectivity index is 1.63. The van der Waals surface area contributed by atoms with Crippen LogP contribution in [0.15, 0.2) is 24.4 Å². The number of ether oxygens (including phenoxy) is 1. The summed E-state index contributed by atoms with van der Waals surface area (Å²) in [4.78, 5) is 18.9. The highest BCUT2D eigenvalue weighted by atomic mass is 32.1. The Labute approximate surface area is 157 Å². The van der Waals surface area contributed by atoms with E-state index in [0.717, 1.165) is 17.0 Å². The van der Waals surface area contributed by atoms with Crippen molar-refractivity contribution in [2.24, 2.45) is 0 Å². The predicted molar refractivity (Wildman–Crippen MR) is 101 cm³/mol. The molecule has 3 rings (SSSR count). The lowest BCUT2D eigenvalue weighted by Crippen LogP contribution is -2.45. The van der Waals surface area contributed by atoms with Crippen molar-refractivity contribution in [3.05, 3.63) is 45.7 Å². The number of hydrogen-bond donors (Lipinski definition) is 1. The Hall–Kier alpha value is -1.99. The molecule has 1 aromatic carbocycles. The van der Waals surface area contributed by atoms with Crippen molar-refractivity contribution < 1.29 is 13.9 Å². The van der Waals surface area contributed by atoms with E-state index in [1.54, 1.807) is 12.3 Å². The maximum atomic E-state index is 14.6. The molecule has 1 amide bonds. The molecule has 1 fully saturated rings. The molecule has 2 heterocycles. The summed E-state index contributed by atoms with van der Waals surface area (Å²) in [5.41, 5.74) is 1.31. The first kappa shape index (κ1) is 18.8. The number of anilines is 1. The van der Waals surface area contributed by atoms with Gasteiger partial charge in [-0.25, -0.2) is 9.37 Å². The second-order valence-electron chi connectivity index (χ2n) is 6.60. The maximum absolute atomic E-state index is 14.6. The fourth-order valence-corrected chi connectivity index (χ4v) is 3.91. The molecule has 1 aliphatic heterocycles. The molecule has 7 heteroatoms. The van der Waals surface area contributed by atoms with Gasteiger partial charge in [0.2, 0.25) is 0 Å². The summed E-state index contributed by atoms with van der Waals surface area (Å²) >= 11 is 1.39. The van der Waals surface area contributed by atoms with Crippen molar-refractivity contribution in [2.75, 3.05) is 18.0 Å². The molecule has 0 unspecified atom stereocenters. The standard InChI is InChI=1S/C19H24FN3O2S/c1-4-18-21-9-17(26-18)19(24)22-8-14-5-6-16(15(20)7-14)23-10-12(2)25-13(3)11-23/h5-7,9,12-13H,4,8,10-11H2,1-3H3,(H,22,24)/t12-,13+. The topological polar surface area (TPSA) is 54.5 Å². The normalized spacial score (nSPS) is 20.2. The van der Waals surface area contributed by atoms with Crippen LogP contribution in [0.5, 0.6) is 0 Å². The summed E-state index contributed by atoms with van der Waals surface area (Å²) in [6.07, 6.45) is 2.54. The summed E-state index contributed by atoms with van der Waals surface area (Å²) in [5, 5.41) is 3.75. The van der Waals surface area contributed by atoms with Gasteiger partial charge in [-0.2, -0.15) is 0 Å². The molecule has 0 aliphatic carbocycles. The van der Waals surface area contributed by atoms with Crippen molar-refractivity contribution >= 4 is 22.9 Å². The SMILES string of the molecule is CCc1ncc(C(=O)NCc2ccc(N3C[C@@H](C)O[C@@H](C)C3)c(F)c2)s1. The second-order valence-corrected chi connectivity index (χ2v) is 7.72. The lowest BCUT2D eigenvalue weighted by Gasteiger charge is -2.37. The number of rotatable bonds is 5. The molecule has 1 N–H and O–H groups in total. The van der Waals surface area contributed by atoms with Gasteiger partial charge in [0.1, 0.15) is 10.7 Å². The lowest BCUT2D eigenvalue weighted by molar-refractivity contribution is -0.00539. The molecule has 140 valence electrons. The van der Waals surface area contributed by atoms with E-state index in [-0.39, 0.29) is 30.5 Å². The fourth-order valence-electron chi connectivity index (χ4n) is 3.14. The fraction of sp³-hybridized carbons (Fsp3) is 0.474. The predicted octanol–water partition coefficient (Wildman–Crippen LogP) is 3.39. The van der Waals surface area contributed by atoms with Crippen LogP contribution < -0.4 is 10.2 Å². The van der Waals surface area contributed by atoms with Gasteiger partial charge in [-0.3, -0.25) is 4.79 Å². The molecular weight excluding hydrogens is 353 g/mol. The van der Waals surface area contributed by atoms with E-state index in [4.69, 9.17) is 4.74 Å². The number of nitrogens with zero attached hydrogens (tertiary/aromatic N) is 2. The third-order valence-corrected chi connectivity index (χ3v) is 5.45. The number of benzene rings is 1. The lowest BCUT2D eigenvalue weighted by atomic mass is 10.1. The van der Waals surface area contributed by atoms with Crippen molar-refractivity contribution in [2.45, 2.75) is 45.9 Å². The average Bonchev–Trinajstić information content (AvgIpc) is 3.08. The van der Waals surface area contributed by atoms with E-state index < -0.39 is 0 Å². The van der Waals surface area contributed by atoms with Crippen LogP contribution in [0.4, 0.5) is 10.1 Å². The Morgan fingerprint density at radius 3 is 2.73 bits per heavy atom. The molecule has 0 bridgehead atoms.